The molecule has 0 radical (unpaired) electrons. The topological polar surface area (TPSA) is 87.4 Å². The summed E-state index contributed by atoms with van der Waals surface area (Å²) >= 11 is 0. The van der Waals surface area contributed by atoms with Gasteiger partial charge in [0.2, 0.25) is 0 Å². The van der Waals surface area contributed by atoms with Crippen molar-refractivity contribution in [2.24, 2.45) is 0 Å². The predicted molar refractivity (Wildman–Crippen MR) is 67.5 cm³/mol. The van der Waals surface area contributed by atoms with Crippen LogP contribution in [0, 0.1) is 0 Å². The lowest BCUT2D eigenvalue weighted by atomic mass is 10.1. The molecule has 0 heterocycles. The van der Waals surface area contributed by atoms with Crippen molar-refractivity contribution in [2.75, 3.05) is 12.3 Å². The van der Waals surface area contributed by atoms with E-state index >= 15 is 0 Å². The Morgan fingerprint density at radius 1 is 1.35 bits per heavy atom. The lowest BCUT2D eigenvalue weighted by molar-refractivity contribution is 0.172. The zero-order chi connectivity index (χ0) is 12.8. The van der Waals surface area contributed by atoms with Gasteiger partial charge in [-0.15, -0.1) is 0 Å². The van der Waals surface area contributed by atoms with Crippen LogP contribution < -0.4 is 16.4 Å². The van der Waals surface area contributed by atoms with Gasteiger partial charge in [0.1, 0.15) is 0 Å². The highest BCUT2D eigenvalue weighted by molar-refractivity contribution is 5.74. The summed E-state index contributed by atoms with van der Waals surface area (Å²) in [4.78, 5) is 11.3. The molecule has 1 aromatic rings. The van der Waals surface area contributed by atoms with Crippen LogP contribution in [0.15, 0.2) is 24.3 Å². The molecular weight excluding hydrogens is 218 g/mol. The number of benzene rings is 1. The molecule has 5 nitrogen and oxygen atoms in total. The number of aliphatic hydroxyl groups is 1. The molecule has 0 aliphatic carbocycles. The minimum atomic E-state index is -0.728. The number of hydrogen-bond donors (Lipinski definition) is 4. The van der Waals surface area contributed by atoms with Gasteiger partial charge in [-0.05, 0) is 31.5 Å². The molecule has 94 valence electrons. The number of amides is 2. The molecule has 0 fully saturated rings. The fraction of sp³-hybridized carbons (Fsp3) is 0.417. The van der Waals surface area contributed by atoms with Crippen LogP contribution in [0.2, 0.25) is 0 Å². The summed E-state index contributed by atoms with van der Waals surface area (Å²) in [5.41, 5.74) is 6.91. The van der Waals surface area contributed by atoms with E-state index in [1.807, 2.05) is 13.8 Å². The van der Waals surface area contributed by atoms with Gasteiger partial charge in [-0.3, -0.25) is 0 Å². The van der Waals surface area contributed by atoms with Crippen LogP contribution in [-0.2, 0) is 0 Å². The van der Waals surface area contributed by atoms with Gasteiger partial charge < -0.3 is 21.5 Å². The van der Waals surface area contributed by atoms with Gasteiger partial charge in [0.05, 0.1) is 6.10 Å². The van der Waals surface area contributed by atoms with Crippen molar-refractivity contribution in [3.8, 4) is 0 Å². The first kappa shape index (κ1) is 13.3. The molecular formula is C12H19N3O2. The standard InChI is InChI=1S/C12H19N3O2/c1-8(2)15-12(17)14-7-11(16)9-3-5-10(13)6-4-9/h3-6,8,11,16H,7,13H2,1-2H3,(H2,14,15,17). The Kier molecular flexibility index (Phi) is 4.78. The SMILES string of the molecule is CC(C)NC(=O)NCC(O)c1ccc(N)cc1. The third-order valence-electron chi connectivity index (χ3n) is 2.20. The summed E-state index contributed by atoms with van der Waals surface area (Å²) in [6.07, 6.45) is -0.728. The zero-order valence-corrected chi connectivity index (χ0v) is 10.1. The molecule has 0 bridgehead atoms. The van der Waals surface area contributed by atoms with E-state index in [4.69, 9.17) is 5.73 Å². The third-order valence-corrected chi connectivity index (χ3v) is 2.20. The van der Waals surface area contributed by atoms with Crippen LogP contribution in [0.25, 0.3) is 0 Å². The number of aliphatic hydroxyl groups excluding tert-OH is 1. The van der Waals surface area contributed by atoms with Gasteiger partial charge in [-0.1, -0.05) is 12.1 Å². The number of nitrogen functional groups attached to an aromatic ring is 1. The molecule has 0 saturated heterocycles. The number of anilines is 1. The average Bonchev–Trinajstić information content (AvgIpc) is 2.26. The van der Waals surface area contributed by atoms with E-state index in [-0.39, 0.29) is 18.6 Å². The van der Waals surface area contributed by atoms with Crippen LogP contribution in [0.1, 0.15) is 25.5 Å². The van der Waals surface area contributed by atoms with E-state index in [1.165, 1.54) is 0 Å². The van der Waals surface area contributed by atoms with Crippen LogP contribution in [0.5, 0.6) is 0 Å². The van der Waals surface area contributed by atoms with Crippen LogP contribution in [0.3, 0.4) is 0 Å². The fourth-order valence-electron chi connectivity index (χ4n) is 1.34. The molecule has 0 aromatic heterocycles. The number of nitrogens with two attached hydrogens (primary N) is 1. The van der Waals surface area contributed by atoms with E-state index < -0.39 is 6.10 Å². The molecule has 0 saturated carbocycles. The second-order valence-electron chi connectivity index (χ2n) is 4.19. The number of hydrogen-bond acceptors (Lipinski definition) is 3. The Balaban J connectivity index is 2.42. The van der Waals surface area contributed by atoms with Crippen molar-refractivity contribution in [2.45, 2.75) is 26.0 Å². The lowest BCUT2D eigenvalue weighted by Crippen LogP contribution is -2.41. The smallest absolute Gasteiger partial charge is 0.315 e. The summed E-state index contributed by atoms with van der Waals surface area (Å²) in [6, 6.07) is 6.70. The molecule has 5 N–H and O–H groups in total. The molecule has 5 heteroatoms. The second kappa shape index (κ2) is 6.10. The molecule has 1 unspecified atom stereocenters. The van der Waals surface area contributed by atoms with Crippen LogP contribution >= 0.6 is 0 Å². The minimum absolute atomic E-state index is 0.0728. The number of urea groups is 1. The number of nitrogens with one attached hydrogen (secondary N) is 2. The third kappa shape index (κ3) is 4.74. The molecule has 1 rings (SSSR count). The second-order valence-corrected chi connectivity index (χ2v) is 4.19. The molecule has 1 atom stereocenters. The Morgan fingerprint density at radius 3 is 2.47 bits per heavy atom. The lowest BCUT2D eigenvalue weighted by Gasteiger charge is -2.14. The van der Waals surface area contributed by atoms with Gasteiger partial charge in [0.25, 0.3) is 0 Å². The van der Waals surface area contributed by atoms with Gasteiger partial charge in [0.15, 0.2) is 0 Å². The van der Waals surface area contributed by atoms with Crippen LogP contribution in [0.4, 0.5) is 10.5 Å². The van der Waals surface area contributed by atoms with Crippen molar-refractivity contribution < 1.29 is 9.90 Å². The van der Waals surface area contributed by atoms with Crippen LogP contribution in [-0.4, -0.2) is 23.7 Å². The first-order valence-electron chi connectivity index (χ1n) is 5.57. The monoisotopic (exact) mass is 237 g/mol. The average molecular weight is 237 g/mol. The highest BCUT2D eigenvalue weighted by Gasteiger charge is 2.09. The Morgan fingerprint density at radius 2 is 1.94 bits per heavy atom. The largest absolute Gasteiger partial charge is 0.399 e. The van der Waals surface area contributed by atoms with E-state index in [1.54, 1.807) is 24.3 Å². The minimum Gasteiger partial charge on any atom is -0.399 e. The maximum atomic E-state index is 11.3. The number of carbonyl (C=O) groups excluding carboxylic acids is 1. The zero-order valence-electron chi connectivity index (χ0n) is 10.1. The molecule has 0 aliphatic heterocycles. The molecule has 0 spiro atoms. The van der Waals surface area contributed by atoms with Crippen molar-refractivity contribution in [3.63, 3.8) is 0 Å². The first-order chi connectivity index (χ1) is 7.99. The summed E-state index contributed by atoms with van der Waals surface area (Å²) in [5, 5.41) is 15.1. The molecule has 17 heavy (non-hydrogen) atoms. The molecule has 2 amide bonds. The van der Waals surface area contributed by atoms with Gasteiger partial charge in [0, 0.05) is 18.3 Å². The van der Waals surface area contributed by atoms with E-state index in [2.05, 4.69) is 10.6 Å². The van der Waals surface area contributed by atoms with Crippen molar-refractivity contribution >= 4 is 11.7 Å². The summed E-state index contributed by atoms with van der Waals surface area (Å²) in [5.74, 6) is 0. The fourth-order valence-corrected chi connectivity index (χ4v) is 1.34. The summed E-state index contributed by atoms with van der Waals surface area (Å²) in [6.45, 7) is 3.91. The van der Waals surface area contributed by atoms with E-state index in [0.29, 0.717) is 5.69 Å². The van der Waals surface area contributed by atoms with Gasteiger partial charge in [-0.25, -0.2) is 4.79 Å². The van der Waals surface area contributed by atoms with E-state index in [9.17, 15) is 9.90 Å². The number of carbonyl (C=O) groups is 1. The Hall–Kier alpha value is -1.75. The van der Waals surface area contributed by atoms with E-state index in [0.717, 1.165) is 5.56 Å². The van der Waals surface area contributed by atoms with Crippen molar-refractivity contribution in [1.29, 1.82) is 0 Å². The summed E-state index contributed by atoms with van der Waals surface area (Å²) in [7, 11) is 0. The number of rotatable bonds is 4. The van der Waals surface area contributed by atoms with Gasteiger partial charge >= 0.3 is 6.03 Å². The maximum absolute atomic E-state index is 11.3. The Labute approximate surface area is 101 Å². The molecule has 0 aliphatic rings. The van der Waals surface area contributed by atoms with Crippen molar-refractivity contribution in [1.82, 2.24) is 10.6 Å². The molecule has 1 aromatic carbocycles. The summed E-state index contributed by atoms with van der Waals surface area (Å²) < 4.78 is 0. The quantitative estimate of drug-likeness (QED) is 0.589. The maximum Gasteiger partial charge on any atom is 0.315 e. The normalized spacial score (nSPS) is 12.2. The Bertz CT molecular complexity index is 363. The predicted octanol–water partition coefficient (Wildman–Crippen LogP) is 1.01. The van der Waals surface area contributed by atoms with Crippen molar-refractivity contribution in [3.05, 3.63) is 29.8 Å². The highest BCUT2D eigenvalue weighted by Crippen LogP contribution is 2.13. The van der Waals surface area contributed by atoms with Gasteiger partial charge in [-0.2, -0.15) is 0 Å². The highest BCUT2D eigenvalue weighted by atomic mass is 16.3. The first-order valence-corrected chi connectivity index (χ1v) is 5.57.